The number of rotatable bonds is 4. The van der Waals surface area contributed by atoms with Gasteiger partial charge in [-0.1, -0.05) is 24.3 Å². The largest absolute Gasteiger partial charge is 0.481 e. The van der Waals surface area contributed by atoms with E-state index in [2.05, 4.69) is 0 Å². The standard InChI is InChI=1S/C13H17NO3/c1-17-8-9-2-4-10(5-3-9)13(12(15)16)6-11(14)7-13/h2-5,11H,6-8,14H2,1H3,(H,15,16). The van der Waals surface area contributed by atoms with Crippen LogP contribution in [0.15, 0.2) is 24.3 Å². The van der Waals surface area contributed by atoms with E-state index in [9.17, 15) is 9.90 Å². The quantitative estimate of drug-likeness (QED) is 0.824. The second kappa shape index (κ2) is 4.47. The highest BCUT2D eigenvalue weighted by Crippen LogP contribution is 2.43. The fourth-order valence-corrected chi connectivity index (χ4v) is 2.46. The number of carboxylic acid groups (broad SMARTS) is 1. The highest BCUT2D eigenvalue weighted by molar-refractivity contribution is 5.83. The first kappa shape index (κ1) is 12.1. The SMILES string of the molecule is COCc1ccc(C2(C(=O)O)CC(N)C2)cc1. The molecule has 0 aliphatic heterocycles. The minimum absolute atomic E-state index is 0.00440. The molecule has 0 spiro atoms. The van der Waals surface area contributed by atoms with Crippen LogP contribution in [0.2, 0.25) is 0 Å². The van der Waals surface area contributed by atoms with Crippen LogP contribution in [0.5, 0.6) is 0 Å². The van der Waals surface area contributed by atoms with Crippen molar-refractivity contribution in [1.82, 2.24) is 0 Å². The number of hydrogen-bond acceptors (Lipinski definition) is 3. The van der Waals surface area contributed by atoms with Crippen LogP contribution in [0.1, 0.15) is 24.0 Å². The average molecular weight is 235 g/mol. The Labute approximate surface area is 100 Å². The summed E-state index contributed by atoms with van der Waals surface area (Å²) in [5, 5.41) is 9.35. The zero-order chi connectivity index (χ0) is 12.5. The van der Waals surface area contributed by atoms with Gasteiger partial charge in [-0.25, -0.2) is 0 Å². The monoisotopic (exact) mass is 235 g/mol. The number of methoxy groups -OCH3 is 1. The Morgan fingerprint density at radius 1 is 1.47 bits per heavy atom. The van der Waals surface area contributed by atoms with E-state index in [1.807, 2.05) is 24.3 Å². The lowest BCUT2D eigenvalue weighted by molar-refractivity contribution is -0.148. The molecule has 3 N–H and O–H groups in total. The van der Waals surface area contributed by atoms with Crippen LogP contribution in [0, 0.1) is 0 Å². The molecule has 1 aromatic carbocycles. The molecule has 0 saturated heterocycles. The molecule has 0 unspecified atom stereocenters. The van der Waals surface area contributed by atoms with Crippen LogP contribution in [-0.2, 0) is 21.6 Å². The van der Waals surface area contributed by atoms with Gasteiger partial charge in [0.1, 0.15) is 0 Å². The van der Waals surface area contributed by atoms with Gasteiger partial charge in [-0.05, 0) is 24.0 Å². The molecule has 1 aliphatic carbocycles. The second-order valence-corrected chi connectivity index (χ2v) is 4.69. The van der Waals surface area contributed by atoms with Gasteiger partial charge in [-0.2, -0.15) is 0 Å². The minimum Gasteiger partial charge on any atom is -0.481 e. The van der Waals surface area contributed by atoms with Crippen molar-refractivity contribution < 1.29 is 14.6 Å². The van der Waals surface area contributed by atoms with Gasteiger partial charge >= 0.3 is 5.97 Å². The van der Waals surface area contributed by atoms with Crippen molar-refractivity contribution in [2.45, 2.75) is 30.9 Å². The molecule has 1 aliphatic rings. The van der Waals surface area contributed by atoms with Crippen molar-refractivity contribution >= 4 is 5.97 Å². The predicted molar refractivity (Wildman–Crippen MR) is 63.7 cm³/mol. The average Bonchev–Trinajstić information content (AvgIpc) is 2.26. The Hall–Kier alpha value is -1.39. The molecule has 4 heteroatoms. The van der Waals surface area contributed by atoms with E-state index in [1.165, 1.54) is 0 Å². The van der Waals surface area contributed by atoms with Crippen molar-refractivity contribution in [3.63, 3.8) is 0 Å². The lowest BCUT2D eigenvalue weighted by atomic mass is 9.62. The fourth-order valence-electron chi connectivity index (χ4n) is 2.46. The Balaban J connectivity index is 2.23. The maximum atomic E-state index is 11.4. The van der Waals surface area contributed by atoms with Gasteiger partial charge in [0.15, 0.2) is 0 Å². The summed E-state index contributed by atoms with van der Waals surface area (Å²) >= 11 is 0. The number of hydrogen-bond donors (Lipinski definition) is 2. The Morgan fingerprint density at radius 2 is 2.06 bits per heavy atom. The fraction of sp³-hybridized carbons (Fsp3) is 0.462. The van der Waals surface area contributed by atoms with Crippen molar-refractivity contribution in [3.8, 4) is 0 Å². The number of ether oxygens (including phenoxy) is 1. The van der Waals surface area contributed by atoms with Crippen LogP contribution in [0.25, 0.3) is 0 Å². The zero-order valence-corrected chi connectivity index (χ0v) is 9.85. The van der Waals surface area contributed by atoms with Gasteiger partial charge in [0, 0.05) is 13.2 Å². The Morgan fingerprint density at radius 3 is 2.47 bits per heavy atom. The highest BCUT2D eigenvalue weighted by atomic mass is 16.5. The first-order valence-electron chi connectivity index (χ1n) is 5.66. The van der Waals surface area contributed by atoms with Gasteiger partial charge in [-0.3, -0.25) is 4.79 Å². The molecule has 0 atom stereocenters. The van der Waals surface area contributed by atoms with Gasteiger partial charge in [0.25, 0.3) is 0 Å². The van der Waals surface area contributed by atoms with Crippen LogP contribution in [0.4, 0.5) is 0 Å². The van der Waals surface area contributed by atoms with Gasteiger partial charge in [-0.15, -0.1) is 0 Å². The highest BCUT2D eigenvalue weighted by Gasteiger charge is 2.50. The predicted octanol–water partition coefficient (Wildman–Crippen LogP) is 1.28. The third-order valence-corrected chi connectivity index (χ3v) is 3.45. The van der Waals surface area contributed by atoms with Gasteiger partial charge in [0.05, 0.1) is 12.0 Å². The topological polar surface area (TPSA) is 72.5 Å². The number of nitrogens with two attached hydrogens (primary N) is 1. The van der Waals surface area contributed by atoms with E-state index in [1.54, 1.807) is 7.11 Å². The molecule has 92 valence electrons. The second-order valence-electron chi connectivity index (χ2n) is 4.69. The summed E-state index contributed by atoms with van der Waals surface area (Å²) in [5.41, 5.74) is 6.83. The van der Waals surface area contributed by atoms with Crippen LogP contribution >= 0.6 is 0 Å². The molecule has 0 aromatic heterocycles. The molecular formula is C13H17NO3. The Kier molecular flexibility index (Phi) is 3.17. The van der Waals surface area contributed by atoms with Gasteiger partial charge in [0.2, 0.25) is 0 Å². The summed E-state index contributed by atoms with van der Waals surface area (Å²) in [6.45, 7) is 0.542. The summed E-state index contributed by atoms with van der Waals surface area (Å²) in [6, 6.07) is 7.56. The zero-order valence-electron chi connectivity index (χ0n) is 9.85. The molecule has 0 heterocycles. The first-order chi connectivity index (χ1) is 8.08. The molecule has 4 nitrogen and oxygen atoms in total. The van der Waals surface area contributed by atoms with Crippen LogP contribution in [0.3, 0.4) is 0 Å². The number of carbonyl (C=O) groups is 1. The molecule has 2 rings (SSSR count). The minimum atomic E-state index is -0.779. The van der Waals surface area contributed by atoms with E-state index in [-0.39, 0.29) is 6.04 Å². The smallest absolute Gasteiger partial charge is 0.314 e. The third-order valence-electron chi connectivity index (χ3n) is 3.45. The molecule has 1 fully saturated rings. The van der Waals surface area contributed by atoms with Crippen LogP contribution < -0.4 is 5.73 Å². The summed E-state index contributed by atoms with van der Waals surface area (Å²) in [4.78, 5) is 11.4. The molecule has 1 saturated carbocycles. The van der Waals surface area contributed by atoms with E-state index in [0.717, 1.165) is 11.1 Å². The summed E-state index contributed by atoms with van der Waals surface area (Å²) in [7, 11) is 1.64. The van der Waals surface area contributed by atoms with E-state index in [0.29, 0.717) is 19.4 Å². The molecule has 0 bridgehead atoms. The van der Waals surface area contributed by atoms with Gasteiger partial charge < -0.3 is 15.6 Å². The molecule has 0 radical (unpaired) electrons. The lowest BCUT2D eigenvalue weighted by Gasteiger charge is -2.43. The lowest BCUT2D eigenvalue weighted by Crippen LogP contribution is -2.54. The summed E-state index contributed by atoms with van der Waals surface area (Å²) in [6.07, 6.45) is 1.04. The van der Waals surface area contributed by atoms with Crippen molar-refractivity contribution in [2.75, 3.05) is 7.11 Å². The van der Waals surface area contributed by atoms with Crippen molar-refractivity contribution in [1.29, 1.82) is 0 Å². The molecule has 1 aromatic rings. The van der Waals surface area contributed by atoms with E-state index >= 15 is 0 Å². The van der Waals surface area contributed by atoms with E-state index < -0.39 is 11.4 Å². The Bertz CT molecular complexity index is 407. The van der Waals surface area contributed by atoms with Crippen molar-refractivity contribution in [2.24, 2.45) is 5.73 Å². The van der Waals surface area contributed by atoms with Crippen LogP contribution in [-0.4, -0.2) is 24.2 Å². The molecule has 17 heavy (non-hydrogen) atoms. The normalized spacial score (nSPS) is 27.5. The first-order valence-corrected chi connectivity index (χ1v) is 5.66. The summed E-state index contributed by atoms with van der Waals surface area (Å²) < 4.78 is 5.02. The maximum absolute atomic E-state index is 11.4. The number of carboxylic acids is 1. The van der Waals surface area contributed by atoms with Crippen molar-refractivity contribution in [3.05, 3.63) is 35.4 Å². The number of aliphatic carboxylic acids is 1. The molecular weight excluding hydrogens is 218 g/mol. The maximum Gasteiger partial charge on any atom is 0.314 e. The third kappa shape index (κ3) is 2.06. The number of benzene rings is 1. The molecule has 0 amide bonds. The summed E-state index contributed by atoms with van der Waals surface area (Å²) in [5.74, 6) is -0.779. The van der Waals surface area contributed by atoms with E-state index in [4.69, 9.17) is 10.5 Å².